The van der Waals surface area contributed by atoms with Crippen LogP contribution in [0.3, 0.4) is 0 Å². The van der Waals surface area contributed by atoms with Crippen LogP contribution in [0.2, 0.25) is 0 Å². The molecule has 0 saturated heterocycles. The summed E-state index contributed by atoms with van der Waals surface area (Å²) in [5.41, 5.74) is 1.29. The Hall–Kier alpha value is -1.24. The van der Waals surface area contributed by atoms with Crippen molar-refractivity contribution in [2.45, 2.75) is 32.5 Å². The molecule has 0 amide bonds. The number of rotatable bonds is 6. The molecule has 6 heteroatoms. The molecule has 2 aromatic heterocycles. The second kappa shape index (κ2) is 6.48. The van der Waals surface area contributed by atoms with Gasteiger partial charge in [0.1, 0.15) is 5.01 Å². The second-order valence-electron chi connectivity index (χ2n) is 6.45. The van der Waals surface area contributed by atoms with Crippen molar-refractivity contribution in [3.63, 3.8) is 0 Å². The topological polar surface area (TPSA) is 43.2 Å². The standard InChI is InChI=1S/C16H22N4OS/c1-2-13(1)11-21-12-14-7-19(10-16-17-5-6-22-16)9-15-3-4-18-20(15)8-14/h3-6,13-14H,1-2,7-12H2. The fourth-order valence-electron chi connectivity index (χ4n) is 3.05. The number of nitrogens with zero attached hydrogens (tertiary/aromatic N) is 4. The summed E-state index contributed by atoms with van der Waals surface area (Å²) in [6, 6.07) is 2.13. The number of aromatic nitrogens is 3. The fraction of sp³-hybridized carbons (Fsp3) is 0.625. The molecule has 2 aromatic rings. The van der Waals surface area contributed by atoms with Crippen molar-refractivity contribution in [2.24, 2.45) is 11.8 Å². The van der Waals surface area contributed by atoms with Gasteiger partial charge in [0.15, 0.2) is 0 Å². The van der Waals surface area contributed by atoms with Gasteiger partial charge in [0.25, 0.3) is 0 Å². The zero-order valence-electron chi connectivity index (χ0n) is 12.7. The summed E-state index contributed by atoms with van der Waals surface area (Å²) in [6.07, 6.45) is 6.50. The third kappa shape index (κ3) is 3.56. The van der Waals surface area contributed by atoms with Crippen LogP contribution >= 0.6 is 11.3 Å². The number of thiazole rings is 1. The lowest BCUT2D eigenvalue weighted by atomic mass is 10.1. The minimum atomic E-state index is 0.500. The first-order valence-corrected chi connectivity index (χ1v) is 8.94. The molecule has 1 fully saturated rings. The Kier molecular flexibility index (Phi) is 4.23. The molecule has 2 aliphatic rings. The van der Waals surface area contributed by atoms with Gasteiger partial charge in [-0.05, 0) is 24.8 Å². The highest BCUT2D eigenvalue weighted by atomic mass is 32.1. The summed E-state index contributed by atoms with van der Waals surface area (Å²) in [4.78, 5) is 6.90. The Bertz CT molecular complexity index is 593. The van der Waals surface area contributed by atoms with E-state index in [1.165, 1.54) is 23.5 Å². The molecule has 0 bridgehead atoms. The van der Waals surface area contributed by atoms with Crippen LogP contribution in [0.5, 0.6) is 0 Å². The van der Waals surface area contributed by atoms with E-state index in [1.54, 1.807) is 11.3 Å². The van der Waals surface area contributed by atoms with Crippen LogP contribution in [-0.4, -0.2) is 39.4 Å². The van der Waals surface area contributed by atoms with Gasteiger partial charge < -0.3 is 4.74 Å². The first-order chi connectivity index (χ1) is 10.9. The van der Waals surface area contributed by atoms with Gasteiger partial charge in [-0.25, -0.2) is 4.98 Å². The smallest absolute Gasteiger partial charge is 0.107 e. The highest BCUT2D eigenvalue weighted by Crippen LogP contribution is 2.29. The van der Waals surface area contributed by atoms with Gasteiger partial charge in [0.05, 0.1) is 18.8 Å². The summed E-state index contributed by atoms with van der Waals surface area (Å²) in [5, 5.41) is 7.71. The van der Waals surface area contributed by atoms with E-state index in [9.17, 15) is 0 Å². The maximum Gasteiger partial charge on any atom is 0.107 e. The second-order valence-corrected chi connectivity index (χ2v) is 7.43. The van der Waals surface area contributed by atoms with Gasteiger partial charge in [0, 0.05) is 49.9 Å². The predicted octanol–water partition coefficient (Wildman–Crippen LogP) is 2.40. The summed E-state index contributed by atoms with van der Waals surface area (Å²) in [5.74, 6) is 1.33. The SMILES string of the molecule is c1csc(CN2Cc3ccnn3CC(COCC3CC3)C2)n1. The molecule has 1 unspecified atom stereocenters. The van der Waals surface area contributed by atoms with E-state index in [-0.39, 0.29) is 0 Å². The Balaban J connectivity index is 1.42. The lowest BCUT2D eigenvalue weighted by molar-refractivity contribution is 0.0696. The molecule has 0 N–H and O–H groups in total. The highest BCUT2D eigenvalue weighted by Gasteiger charge is 2.25. The average Bonchev–Trinajstić information content (AvgIpc) is 3.06. The van der Waals surface area contributed by atoms with Crippen LogP contribution in [0.25, 0.3) is 0 Å². The molecule has 0 radical (unpaired) electrons. The molecule has 1 atom stereocenters. The summed E-state index contributed by atoms with van der Waals surface area (Å²) < 4.78 is 8.09. The average molecular weight is 318 g/mol. The zero-order chi connectivity index (χ0) is 14.8. The van der Waals surface area contributed by atoms with E-state index < -0.39 is 0 Å². The minimum Gasteiger partial charge on any atom is -0.381 e. The van der Waals surface area contributed by atoms with E-state index in [2.05, 4.69) is 25.7 Å². The van der Waals surface area contributed by atoms with Crippen molar-refractivity contribution in [2.75, 3.05) is 19.8 Å². The Morgan fingerprint density at radius 1 is 1.18 bits per heavy atom. The molecule has 1 aliphatic heterocycles. The van der Waals surface area contributed by atoms with Gasteiger partial charge >= 0.3 is 0 Å². The van der Waals surface area contributed by atoms with Crippen molar-refractivity contribution in [3.8, 4) is 0 Å². The molecule has 3 heterocycles. The molecular formula is C16H22N4OS. The lowest BCUT2D eigenvalue weighted by Crippen LogP contribution is -2.30. The fourth-order valence-corrected chi connectivity index (χ4v) is 3.71. The number of ether oxygens (including phenoxy) is 1. The first-order valence-electron chi connectivity index (χ1n) is 8.06. The normalized spacial score (nSPS) is 22.5. The van der Waals surface area contributed by atoms with Gasteiger partial charge in [-0.2, -0.15) is 5.10 Å². The quantitative estimate of drug-likeness (QED) is 0.820. The predicted molar refractivity (Wildman–Crippen MR) is 85.5 cm³/mol. The van der Waals surface area contributed by atoms with Gasteiger partial charge in [-0.1, -0.05) is 0 Å². The molecular weight excluding hydrogens is 296 g/mol. The number of hydrogen-bond acceptors (Lipinski definition) is 5. The van der Waals surface area contributed by atoms with E-state index in [4.69, 9.17) is 4.74 Å². The third-order valence-corrected chi connectivity index (χ3v) is 5.15. The summed E-state index contributed by atoms with van der Waals surface area (Å²) in [6.45, 7) is 5.65. The monoisotopic (exact) mass is 318 g/mol. The van der Waals surface area contributed by atoms with E-state index >= 15 is 0 Å². The zero-order valence-corrected chi connectivity index (χ0v) is 13.5. The molecule has 0 spiro atoms. The summed E-state index contributed by atoms with van der Waals surface area (Å²) in [7, 11) is 0. The molecule has 0 aromatic carbocycles. The van der Waals surface area contributed by atoms with Crippen LogP contribution in [0.4, 0.5) is 0 Å². The number of fused-ring (bicyclic) bond motifs is 1. The van der Waals surface area contributed by atoms with Crippen LogP contribution < -0.4 is 0 Å². The molecule has 4 rings (SSSR count). The van der Waals surface area contributed by atoms with E-state index in [1.807, 2.05) is 17.8 Å². The van der Waals surface area contributed by atoms with E-state index in [0.717, 1.165) is 45.3 Å². The third-order valence-electron chi connectivity index (χ3n) is 4.38. The number of hydrogen-bond donors (Lipinski definition) is 0. The van der Waals surface area contributed by atoms with Crippen LogP contribution in [0, 0.1) is 11.8 Å². The van der Waals surface area contributed by atoms with Crippen molar-refractivity contribution in [1.29, 1.82) is 0 Å². The van der Waals surface area contributed by atoms with Crippen LogP contribution in [0.15, 0.2) is 23.8 Å². The Morgan fingerprint density at radius 2 is 2.09 bits per heavy atom. The van der Waals surface area contributed by atoms with Crippen LogP contribution in [-0.2, 0) is 24.4 Å². The molecule has 118 valence electrons. The van der Waals surface area contributed by atoms with Crippen molar-refractivity contribution in [1.82, 2.24) is 19.7 Å². The molecule has 5 nitrogen and oxygen atoms in total. The first kappa shape index (κ1) is 14.4. The minimum absolute atomic E-state index is 0.500. The maximum absolute atomic E-state index is 5.95. The Labute approximate surface area is 134 Å². The summed E-state index contributed by atoms with van der Waals surface area (Å²) >= 11 is 1.73. The molecule has 1 aliphatic carbocycles. The van der Waals surface area contributed by atoms with Crippen molar-refractivity contribution < 1.29 is 4.74 Å². The van der Waals surface area contributed by atoms with Gasteiger partial charge in [-0.3, -0.25) is 9.58 Å². The van der Waals surface area contributed by atoms with Crippen molar-refractivity contribution in [3.05, 3.63) is 34.5 Å². The van der Waals surface area contributed by atoms with E-state index in [0.29, 0.717) is 5.92 Å². The van der Waals surface area contributed by atoms with Gasteiger partial charge in [0.2, 0.25) is 0 Å². The Morgan fingerprint density at radius 3 is 2.91 bits per heavy atom. The van der Waals surface area contributed by atoms with Crippen molar-refractivity contribution >= 4 is 11.3 Å². The largest absolute Gasteiger partial charge is 0.381 e. The highest BCUT2D eigenvalue weighted by molar-refractivity contribution is 7.09. The molecule has 1 saturated carbocycles. The molecule has 22 heavy (non-hydrogen) atoms. The maximum atomic E-state index is 5.95. The van der Waals surface area contributed by atoms with Gasteiger partial charge in [-0.15, -0.1) is 11.3 Å². The lowest BCUT2D eigenvalue weighted by Gasteiger charge is -2.22. The van der Waals surface area contributed by atoms with Crippen LogP contribution in [0.1, 0.15) is 23.5 Å².